The summed E-state index contributed by atoms with van der Waals surface area (Å²) in [5, 5.41) is 11.8. The third-order valence-electron chi connectivity index (χ3n) is 4.74. The highest BCUT2D eigenvalue weighted by molar-refractivity contribution is 5.59. The first-order valence-corrected chi connectivity index (χ1v) is 9.98. The highest BCUT2D eigenvalue weighted by Gasteiger charge is 2.32. The Morgan fingerprint density at radius 1 is 1.19 bits per heavy atom. The van der Waals surface area contributed by atoms with Crippen LogP contribution in [0.3, 0.4) is 0 Å². The zero-order valence-corrected chi connectivity index (χ0v) is 17.4. The molecular weight excluding hydrogens is 399 g/mol. The Morgan fingerprint density at radius 3 is 2.65 bits per heavy atom. The van der Waals surface area contributed by atoms with Gasteiger partial charge in [0.15, 0.2) is 5.82 Å². The Labute approximate surface area is 179 Å². The van der Waals surface area contributed by atoms with E-state index < -0.39 is 6.29 Å². The minimum Gasteiger partial charge on any atom is -0.353 e. The topological polar surface area (TPSA) is 97.9 Å². The monoisotopic (exact) mass is 422 g/mol. The lowest BCUT2D eigenvalue weighted by Gasteiger charge is -2.34. The number of rotatable bonds is 6. The van der Waals surface area contributed by atoms with Gasteiger partial charge in [-0.2, -0.15) is 10.2 Å². The maximum atomic E-state index is 13.4. The fourth-order valence-corrected chi connectivity index (χ4v) is 3.14. The molecule has 0 spiro atoms. The molecule has 3 heterocycles. The van der Waals surface area contributed by atoms with Crippen molar-refractivity contribution in [3.8, 4) is 23.1 Å². The number of hydrogen-bond acceptors (Lipinski definition) is 7. The molecule has 8 nitrogen and oxygen atoms in total. The normalized spacial score (nSPS) is 16.1. The minimum atomic E-state index is -0.660. The predicted molar refractivity (Wildman–Crippen MR) is 112 cm³/mol. The zero-order valence-electron chi connectivity index (χ0n) is 17.4. The molecule has 31 heavy (non-hydrogen) atoms. The van der Waals surface area contributed by atoms with E-state index in [1.54, 1.807) is 29.0 Å². The summed E-state index contributed by atoms with van der Waals surface area (Å²) in [6.07, 6.45) is 3.13. The SMILES string of the molecule is CC1(C)COC(c2nc(-c3ccc(F)cc3)cn2-c2ccnc(NCCC#N)n2)OC1. The molecule has 1 fully saturated rings. The molecule has 1 aromatic carbocycles. The van der Waals surface area contributed by atoms with E-state index in [1.165, 1.54) is 12.1 Å². The first-order valence-electron chi connectivity index (χ1n) is 9.98. The predicted octanol–water partition coefficient (Wildman–Crippen LogP) is 3.87. The largest absolute Gasteiger partial charge is 0.353 e. The molecule has 4 rings (SSSR count). The van der Waals surface area contributed by atoms with E-state index in [9.17, 15) is 4.39 Å². The molecule has 0 atom stereocenters. The third-order valence-corrected chi connectivity index (χ3v) is 4.74. The van der Waals surface area contributed by atoms with Crippen LogP contribution < -0.4 is 5.32 Å². The van der Waals surface area contributed by atoms with Crippen molar-refractivity contribution in [3.63, 3.8) is 0 Å². The number of imidazole rings is 1. The number of aromatic nitrogens is 4. The van der Waals surface area contributed by atoms with Crippen molar-refractivity contribution in [2.75, 3.05) is 25.1 Å². The van der Waals surface area contributed by atoms with Gasteiger partial charge in [0, 0.05) is 29.9 Å². The summed E-state index contributed by atoms with van der Waals surface area (Å²) in [6.45, 7) is 5.65. The van der Waals surface area contributed by atoms with Gasteiger partial charge >= 0.3 is 0 Å². The Bertz CT molecular complexity index is 1080. The Morgan fingerprint density at radius 2 is 1.94 bits per heavy atom. The molecule has 1 saturated heterocycles. The second-order valence-electron chi connectivity index (χ2n) is 8.05. The molecule has 3 aromatic rings. The summed E-state index contributed by atoms with van der Waals surface area (Å²) >= 11 is 0. The van der Waals surface area contributed by atoms with E-state index in [0.717, 1.165) is 5.56 Å². The van der Waals surface area contributed by atoms with Gasteiger partial charge in [-0.05, 0) is 30.3 Å². The molecule has 0 radical (unpaired) electrons. The van der Waals surface area contributed by atoms with Gasteiger partial charge in [0.05, 0.1) is 31.4 Å². The van der Waals surface area contributed by atoms with Crippen LogP contribution in [-0.2, 0) is 9.47 Å². The quantitative estimate of drug-likeness (QED) is 0.602. The Balaban J connectivity index is 1.71. The lowest BCUT2D eigenvalue weighted by molar-refractivity contribution is -0.230. The highest BCUT2D eigenvalue weighted by Crippen LogP contribution is 2.33. The number of halogens is 1. The molecule has 0 bridgehead atoms. The molecule has 0 aliphatic carbocycles. The van der Waals surface area contributed by atoms with E-state index in [-0.39, 0.29) is 11.2 Å². The molecular formula is C22H23FN6O2. The van der Waals surface area contributed by atoms with Crippen LogP contribution in [0.25, 0.3) is 17.1 Å². The second kappa shape index (κ2) is 8.79. The summed E-state index contributed by atoms with van der Waals surface area (Å²) in [7, 11) is 0. The van der Waals surface area contributed by atoms with Gasteiger partial charge in [-0.1, -0.05) is 13.8 Å². The first-order chi connectivity index (χ1) is 14.9. The third kappa shape index (κ3) is 4.87. The number of hydrogen-bond donors (Lipinski definition) is 1. The molecule has 0 unspecified atom stereocenters. The fraction of sp³-hybridized carbons (Fsp3) is 0.364. The fourth-order valence-electron chi connectivity index (χ4n) is 3.14. The maximum absolute atomic E-state index is 13.4. The standard InChI is InChI=1S/C22H23FN6O2/c1-22(2)13-30-20(31-14-22)19-27-17(15-4-6-16(23)7-5-15)12-29(19)18-8-11-26-21(28-18)25-10-3-9-24/h4-8,11-12,20H,3,10,13-14H2,1-2H3,(H,25,26,28). The van der Waals surface area contributed by atoms with E-state index in [2.05, 4.69) is 35.2 Å². The van der Waals surface area contributed by atoms with Gasteiger partial charge in [0.1, 0.15) is 11.6 Å². The summed E-state index contributed by atoms with van der Waals surface area (Å²) in [6, 6.07) is 9.96. The van der Waals surface area contributed by atoms with Crippen LogP contribution in [0.2, 0.25) is 0 Å². The summed E-state index contributed by atoms with van der Waals surface area (Å²) in [5.74, 6) is 1.20. The molecule has 1 N–H and O–H groups in total. The van der Waals surface area contributed by atoms with Crippen LogP contribution in [0.4, 0.5) is 10.3 Å². The average molecular weight is 422 g/mol. The molecule has 9 heteroatoms. The summed E-state index contributed by atoms with van der Waals surface area (Å²) in [5.41, 5.74) is 1.32. The van der Waals surface area contributed by atoms with E-state index in [0.29, 0.717) is 49.5 Å². The van der Waals surface area contributed by atoms with Crippen LogP contribution in [0.1, 0.15) is 32.4 Å². The van der Waals surface area contributed by atoms with Crippen LogP contribution in [-0.4, -0.2) is 39.3 Å². The summed E-state index contributed by atoms with van der Waals surface area (Å²) in [4.78, 5) is 13.5. The molecule has 0 amide bonds. The number of nitrogens with one attached hydrogen (secondary N) is 1. The smallest absolute Gasteiger partial charge is 0.224 e. The summed E-state index contributed by atoms with van der Waals surface area (Å²) < 4.78 is 27.1. The first kappa shape index (κ1) is 20.9. The van der Waals surface area contributed by atoms with E-state index in [1.807, 2.05) is 6.20 Å². The van der Waals surface area contributed by atoms with Crippen molar-refractivity contribution < 1.29 is 13.9 Å². The van der Waals surface area contributed by atoms with Gasteiger partial charge in [-0.3, -0.25) is 4.57 Å². The minimum absolute atomic E-state index is 0.0829. The molecule has 1 aliphatic rings. The van der Waals surface area contributed by atoms with Crippen LogP contribution in [0.15, 0.2) is 42.7 Å². The maximum Gasteiger partial charge on any atom is 0.224 e. The molecule has 0 saturated carbocycles. The van der Waals surface area contributed by atoms with Gasteiger partial charge in [-0.15, -0.1) is 0 Å². The molecule has 160 valence electrons. The van der Waals surface area contributed by atoms with Gasteiger partial charge in [-0.25, -0.2) is 14.4 Å². The number of anilines is 1. The zero-order chi connectivity index (χ0) is 21.8. The van der Waals surface area contributed by atoms with Crippen molar-refractivity contribution in [2.45, 2.75) is 26.6 Å². The number of nitrogens with zero attached hydrogens (tertiary/aromatic N) is 5. The van der Waals surface area contributed by atoms with Crippen molar-refractivity contribution in [2.24, 2.45) is 5.41 Å². The lowest BCUT2D eigenvalue weighted by atomic mass is 9.96. The second-order valence-corrected chi connectivity index (χ2v) is 8.05. The van der Waals surface area contributed by atoms with Gasteiger partial charge in [0.25, 0.3) is 0 Å². The molecule has 2 aromatic heterocycles. The van der Waals surface area contributed by atoms with Crippen molar-refractivity contribution >= 4 is 5.95 Å². The molecule has 1 aliphatic heterocycles. The Hall–Kier alpha value is -3.35. The van der Waals surface area contributed by atoms with Crippen molar-refractivity contribution in [1.82, 2.24) is 19.5 Å². The van der Waals surface area contributed by atoms with Crippen LogP contribution >= 0.6 is 0 Å². The van der Waals surface area contributed by atoms with Crippen LogP contribution in [0.5, 0.6) is 0 Å². The van der Waals surface area contributed by atoms with Gasteiger partial charge < -0.3 is 14.8 Å². The number of ether oxygens (including phenoxy) is 2. The van der Waals surface area contributed by atoms with Crippen molar-refractivity contribution in [3.05, 3.63) is 54.4 Å². The number of benzene rings is 1. The Kier molecular flexibility index (Phi) is 5.93. The lowest BCUT2D eigenvalue weighted by Crippen LogP contribution is -2.34. The highest BCUT2D eigenvalue weighted by atomic mass is 19.1. The average Bonchev–Trinajstić information content (AvgIpc) is 3.20. The van der Waals surface area contributed by atoms with Crippen molar-refractivity contribution in [1.29, 1.82) is 5.26 Å². The van der Waals surface area contributed by atoms with Crippen LogP contribution in [0, 0.1) is 22.6 Å². The van der Waals surface area contributed by atoms with E-state index in [4.69, 9.17) is 19.7 Å². The van der Waals surface area contributed by atoms with E-state index >= 15 is 0 Å². The van der Waals surface area contributed by atoms with Gasteiger partial charge in [0.2, 0.25) is 12.2 Å². The number of nitriles is 1.